The monoisotopic (exact) mass is 708 g/mol. The standard InChI is InChI=1S/C22H24O2S.C21H21FO2S/c1-3-4-5-8-17-11-13-18(14-12-17)15-25-22-16(2)21(23)19-9-6-7-10-20(19)24-22;1-15-20(23)18-7-2-3-8-19(18)24-21(15)25-14-17-11-9-16(10-12-17)6-4-5-13-22/h6-7,9-14H,3-5,8,15H2,1-2H3;2-3,7-12H,4-6,13-14H2,1H3. The topological polar surface area (TPSA) is 60.4 Å². The summed E-state index contributed by atoms with van der Waals surface area (Å²) < 4.78 is 24.0. The molecule has 0 saturated heterocycles. The van der Waals surface area contributed by atoms with Crippen molar-refractivity contribution in [3.8, 4) is 0 Å². The lowest BCUT2D eigenvalue weighted by Gasteiger charge is -2.07. The summed E-state index contributed by atoms with van der Waals surface area (Å²) in [6.45, 7) is 5.64. The number of benzene rings is 4. The molecular weight excluding hydrogens is 664 g/mol. The number of fused-ring (bicyclic) bond motifs is 2. The third kappa shape index (κ3) is 10.0. The Balaban J connectivity index is 0.000000194. The summed E-state index contributed by atoms with van der Waals surface area (Å²) in [5.74, 6) is 1.55. The molecule has 0 aliphatic heterocycles. The van der Waals surface area contributed by atoms with Crippen LogP contribution in [0.3, 0.4) is 0 Å². The molecule has 0 spiro atoms. The molecule has 2 heterocycles. The van der Waals surface area contributed by atoms with Gasteiger partial charge in [0.15, 0.2) is 21.0 Å². The van der Waals surface area contributed by atoms with Gasteiger partial charge in [-0.15, -0.1) is 0 Å². The predicted molar refractivity (Wildman–Crippen MR) is 209 cm³/mol. The van der Waals surface area contributed by atoms with E-state index in [-0.39, 0.29) is 17.5 Å². The molecule has 260 valence electrons. The van der Waals surface area contributed by atoms with Gasteiger partial charge in [-0.1, -0.05) is 116 Å². The Labute approximate surface area is 302 Å². The molecule has 0 unspecified atom stereocenters. The second-order valence-electron chi connectivity index (χ2n) is 12.5. The van der Waals surface area contributed by atoms with Crippen LogP contribution in [0.2, 0.25) is 0 Å². The van der Waals surface area contributed by atoms with E-state index in [1.54, 1.807) is 29.6 Å². The first-order chi connectivity index (χ1) is 24.4. The van der Waals surface area contributed by atoms with Crippen LogP contribution in [0.1, 0.15) is 72.4 Å². The molecule has 6 aromatic rings. The number of hydrogen-bond donors (Lipinski definition) is 0. The van der Waals surface area contributed by atoms with Crippen LogP contribution in [-0.2, 0) is 24.3 Å². The smallest absolute Gasteiger partial charge is 0.196 e. The van der Waals surface area contributed by atoms with Crippen LogP contribution in [0.5, 0.6) is 0 Å². The van der Waals surface area contributed by atoms with Gasteiger partial charge in [0.25, 0.3) is 0 Å². The van der Waals surface area contributed by atoms with E-state index >= 15 is 0 Å². The summed E-state index contributed by atoms with van der Waals surface area (Å²) in [5, 5.41) is 2.68. The Hall–Kier alpha value is -4.07. The van der Waals surface area contributed by atoms with E-state index in [9.17, 15) is 14.0 Å². The molecule has 4 aromatic carbocycles. The van der Waals surface area contributed by atoms with E-state index in [1.165, 1.54) is 41.5 Å². The van der Waals surface area contributed by atoms with E-state index in [2.05, 4.69) is 55.5 Å². The molecule has 7 heteroatoms. The van der Waals surface area contributed by atoms with Gasteiger partial charge >= 0.3 is 0 Å². The first-order valence-corrected chi connectivity index (χ1v) is 19.4. The lowest BCUT2D eigenvalue weighted by Crippen LogP contribution is -2.06. The Morgan fingerprint density at radius 1 is 0.540 bits per heavy atom. The van der Waals surface area contributed by atoms with E-state index in [1.807, 2.05) is 56.3 Å². The molecule has 0 fully saturated rings. The maximum Gasteiger partial charge on any atom is 0.196 e. The summed E-state index contributed by atoms with van der Waals surface area (Å²) >= 11 is 3.13. The third-order valence-corrected chi connectivity index (χ3v) is 10.9. The summed E-state index contributed by atoms with van der Waals surface area (Å²) in [7, 11) is 0. The Morgan fingerprint density at radius 2 is 0.940 bits per heavy atom. The average Bonchev–Trinajstić information content (AvgIpc) is 3.15. The molecule has 0 bridgehead atoms. The largest absolute Gasteiger partial charge is 0.449 e. The fraction of sp³-hybridized carbons (Fsp3) is 0.302. The molecule has 0 N–H and O–H groups in total. The zero-order valence-corrected chi connectivity index (χ0v) is 30.8. The highest BCUT2D eigenvalue weighted by molar-refractivity contribution is 7.98. The minimum Gasteiger partial charge on any atom is -0.449 e. The summed E-state index contributed by atoms with van der Waals surface area (Å²) in [6, 6.07) is 31.9. The maximum atomic E-state index is 12.5. The highest BCUT2D eigenvalue weighted by atomic mass is 32.2. The average molecular weight is 709 g/mol. The predicted octanol–water partition coefficient (Wildman–Crippen LogP) is 11.8. The number of para-hydroxylation sites is 2. The SMILES string of the molecule is CCCCCc1ccc(CSc2oc3ccccc3c(=O)c2C)cc1.Cc1c(SCc2ccc(CCCCF)cc2)oc2ccccc2c1=O. The normalized spacial score (nSPS) is 11.1. The van der Waals surface area contributed by atoms with Crippen LogP contribution in [-0.4, -0.2) is 6.67 Å². The molecule has 0 atom stereocenters. The van der Waals surface area contributed by atoms with Crippen molar-refractivity contribution in [1.29, 1.82) is 0 Å². The van der Waals surface area contributed by atoms with Gasteiger partial charge in [-0.25, -0.2) is 0 Å². The molecule has 2 aromatic heterocycles. The van der Waals surface area contributed by atoms with Gasteiger partial charge in [-0.3, -0.25) is 14.0 Å². The molecule has 6 rings (SSSR count). The molecule has 0 aliphatic carbocycles. The van der Waals surface area contributed by atoms with Crippen LogP contribution < -0.4 is 10.9 Å². The lowest BCUT2D eigenvalue weighted by atomic mass is 10.1. The molecule has 0 saturated carbocycles. The van der Waals surface area contributed by atoms with E-state index in [4.69, 9.17) is 8.83 Å². The van der Waals surface area contributed by atoms with Crippen molar-refractivity contribution in [3.05, 3.63) is 151 Å². The number of unbranched alkanes of at least 4 members (excludes halogenated alkanes) is 3. The van der Waals surface area contributed by atoms with Crippen molar-refractivity contribution in [2.24, 2.45) is 0 Å². The first kappa shape index (κ1) is 37.2. The van der Waals surface area contributed by atoms with Crippen LogP contribution in [0, 0.1) is 13.8 Å². The Kier molecular flexibility index (Phi) is 14.0. The van der Waals surface area contributed by atoms with Crippen molar-refractivity contribution in [2.45, 2.75) is 87.4 Å². The number of aryl methyl sites for hydroxylation is 2. The second kappa shape index (κ2) is 18.8. The second-order valence-corrected chi connectivity index (χ2v) is 14.4. The number of hydrogen-bond acceptors (Lipinski definition) is 6. The van der Waals surface area contributed by atoms with Gasteiger partial charge in [0.1, 0.15) is 11.2 Å². The number of thioether (sulfide) groups is 2. The minimum atomic E-state index is -0.245. The van der Waals surface area contributed by atoms with Crippen LogP contribution in [0.15, 0.2) is 126 Å². The third-order valence-electron chi connectivity index (χ3n) is 8.67. The number of halogens is 1. The summed E-state index contributed by atoms with van der Waals surface area (Å²) in [5.41, 5.74) is 7.80. The summed E-state index contributed by atoms with van der Waals surface area (Å²) in [6.07, 6.45) is 7.37. The van der Waals surface area contributed by atoms with Gasteiger partial charge in [0.2, 0.25) is 0 Å². The van der Waals surface area contributed by atoms with Crippen LogP contribution in [0.25, 0.3) is 21.9 Å². The zero-order chi connectivity index (χ0) is 35.3. The molecule has 4 nitrogen and oxygen atoms in total. The van der Waals surface area contributed by atoms with Gasteiger partial charge in [-0.2, -0.15) is 0 Å². The highest BCUT2D eigenvalue weighted by Gasteiger charge is 2.12. The number of rotatable bonds is 14. The lowest BCUT2D eigenvalue weighted by molar-refractivity contribution is 0.462. The Bertz CT molecular complexity index is 1950. The molecule has 0 aliphatic rings. The van der Waals surface area contributed by atoms with Crippen LogP contribution >= 0.6 is 23.5 Å². The van der Waals surface area contributed by atoms with Crippen molar-refractivity contribution in [2.75, 3.05) is 6.67 Å². The fourth-order valence-electron chi connectivity index (χ4n) is 5.61. The van der Waals surface area contributed by atoms with E-state index in [0.29, 0.717) is 44.6 Å². The first-order valence-electron chi connectivity index (χ1n) is 17.4. The molecule has 0 radical (unpaired) electrons. The Morgan fingerprint density at radius 3 is 1.36 bits per heavy atom. The van der Waals surface area contributed by atoms with Gasteiger partial charge < -0.3 is 8.83 Å². The van der Waals surface area contributed by atoms with Crippen LogP contribution in [0.4, 0.5) is 4.39 Å². The number of alkyl halides is 1. The molecule has 50 heavy (non-hydrogen) atoms. The van der Waals surface area contributed by atoms with Crippen molar-refractivity contribution < 1.29 is 13.2 Å². The van der Waals surface area contributed by atoms with E-state index in [0.717, 1.165) is 35.9 Å². The van der Waals surface area contributed by atoms with Crippen molar-refractivity contribution in [1.82, 2.24) is 0 Å². The molecule has 0 amide bonds. The highest BCUT2D eigenvalue weighted by Crippen LogP contribution is 2.29. The zero-order valence-electron chi connectivity index (χ0n) is 29.1. The maximum absolute atomic E-state index is 12.5. The van der Waals surface area contributed by atoms with E-state index < -0.39 is 0 Å². The van der Waals surface area contributed by atoms with Crippen molar-refractivity contribution in [3.63, 3.8) is 0 Å². The fourth-order valence-corrected chi connectivity index (χ4v) is 7.51. The molecular formula is C43H45FO4S2. The van der Waals surface area contributed by atoms with Crippen molar-refractivity contribution >= 4 is 45.5 Å². The van der Waals surface area contributed by atoms with Gasteiger partial charge in [0.05, 0.1) is 17.4 Å². The van der Waals surface area contributed by atoms with Gasteiger partial charge in [-0.05, 0) is 92.5 Å². The van der Waals surface area contributed by atoms with Gasteiger partial charge in [0, 0.05) is 22.6 Å². The summed E-state index contributed by atoms with van der Waals surface area (Å²) in [4.78, 5) is 24.9. The quantitative estimate of drug-likeness (QED) is 0.0829. The minimum absolute atomic E-state index is 0.0348.